The first-order valence-electron chi connectivity index (χ1n) is 8.82. The van der Waals surface area contributed by atoms with Crippen molar-refractivity contribution >= 4 is 5.97 Å². The van der Waals surface area contributed by atoms with Crippen LogP contribution in [-0.2, 0) is 9.53 Å². The standard InChI is InChI=1S/C15H24O.C5H8O3/c1-2-3-4-5-6-7-11-14-16-15-12-9-8-10-13-15;1-2-5(7)8-4-3-6/h8-10,12-13H,2-7,11,14H2,1H3;2,6H,1,3-4H2. The first-order chi connectivity index (χ1) is 11.7. The number of aliphatic hydroxyl groups excluding tert-OH is 1. The number of ether oxygens (including phenoxy) is 2. The third kappa shape index (κ3) is 15.1. The number of hydrogen-bond donors (Lipinski definition) is 1. The maximum Gasteiger partial charge on any atom is 0.330 e. The number of carbonyl (C=O) groups is 1. The molecule has 1 N–H and O–H groups in total. The predicted molar refractivity (Wildman–Crippen MR) is 98.2 cm³/mol. The van der Waals surface area contributed by atoms with E-state index in [2.05, 4.69) is 18.2 Å². The topological polar surface area (TPSA) is 55.8 Å². The smallest absolute Gasteiger partial charge is 0.330 e. The molecule has 1 aromatic rings. The number of aliphatic hydroxyl groups is 1. The highest BCUT2D eigenvalue weighted by molar-refractivity contribution is 5.81. The summed E-state index contributed by atoms with van der Waals surface area (Å²) in [5.41, 5.74) is 0. The second-order valence-corrected chi connectivity index (χ2v) is 5.38. The summed E-state index contributed by atoms with van der Waals surface area (Å²) in [6.45, 7) is 6.18. The Morgan fingerprint density at radius 3 is 2.25 bits per heavy atom. The van der Waals surface area contributed by atoms with Gasteiger partial charge in [-0.25, -0.2) is 4.79 Å². The van der Waals surface area contributed by atoms with E-state index in [0.717, 1.165) is 18.4 Å². The average molecular weight is 336 g/mol. The van der Waals surface area contributed by atoms with Gasteiger partial charge < -0.3 is 14.6 Å². The molecule has 0 aliphatic rings. The van der Waals surface area contributed by atoms with Crippen molar-refractivity contribution < 1.29 is 19.4 Å². The van der Waals surface area contributed by atoms with Crippen molar-refractivity contribution in [1.29, 1.82) is 0 Å². The maximum atomic E-state index is 10.1. The highest BCUT2D eigenvalue weighted by Gasteiger charge is 1.93. The molecule has 136 valence electrons. The van der Waals surface area contributed by atoms with Crippen LogP contribution in [0, 0.1) is 0 Å². The summed E-state index contributed by atoms with van der Waals surface area (Å²) in [6.07, 6.45) is 10.4. The molecule has 0 aliphatic carbocycles. The molecule has 0 saturated carbocycles. The fourth-order valence-corrected chi connectivity index (χ4v) is 1.97. The summed E-state index contributed by atoms with van der Waals surface area (Å²) in [5.74, 6) is 0.493. The maximum absolute atomic E-state index is 10.1. The summed E-state index contributed by atoms with van der Waals surface area (Å²) in [4.78, 5) is 10.1. The fourth-order valence-electron chi connectivity index (χ4n) is 1.97. The van der Waals surface area contributed by atoms with E-state index in [1.54, 1.807) is 0 Å². The lowest BCUT2D eigenvalue weighted by Gasteiger charge is -2.05. The van der Waals surface area contributed by atoms with Crippen molar-refractivity contribution in [2.45, 2.75) is 51.9 Å². The van der Waals surface area contributed by atoms with Crippen LogP contribution in [-0.4, -0.2) is 30.9 Å². The lowest BCUT2D eigenvalue weighted by Crippen LogP contribution is -2.04. The summed E-state index contributed by atoms with van der Waals surface area (Å²) in [5, 5.41) is 8.10. The zero-order valence-electron chi connectivity index (χ0n) is 14.9. The van der Waals surface area contributed by atoms with Crippen LogP contribution in [0.5, 0.6) is 5.75 Å². The number of carbonyl (C=O) groups excluding carboxylic acids is 1. The SMILES string of the molecule is C=CC(=O)OCCO.CCCCCCCCCOc1ccccc1. The van der Waals surface area contributed by atoms with Crippen molar-refractivity contribution in [3.8, 4) is 5.75 Å². The van der Waals surface area contributed by atoms with E-state index in [9.17, 15) is 4.79 Å². The van der Waals surface area contributed by atoms with E-state index in [4.69, 9.17) is 9.84 Å². The molecule has 0 aliphatic heterocycles. The van der Waals surface area contributed by atoms with Crippen LogP contribution < -0.4 is 4.74 Å². The highest BCUT2D eigenvalue weighted by Crippen LogP contribution is 2.10. The Kier molecular flexibility index (Phi) is 16.2. The monoisotopic (exact) mass is 336 g/mol. The number of benzene rings is 1. The fraction of sp³-hybridized carbons (Fsp3) is 0.550. The zero-order valence-corrected chi connectivity index (χ0v) is 14.9. The van der Waals surface area contributed by atoms with Gasteiger partial charge in [0.1, 0.15) is 12.4 Å². The van der Waals surface area contributed by atoms with Gasteiger partial charge in [0, 0.05) is 6.08 Å². The Morgan fingerprint density at radius 2 is 1.67 bits per heavy atom. The molecule has 0 amide bonds. The van der Waals surface area contributed by atoms with E-state index >= 15 is 0 Å². The van der Waals surface area contributed by atoms with E-state index in [1.165, 1.54) is 44.9 Å². The lowest BCUT2D eigenvalue weighted by molar-refractivity contribution is -0.138. The van der Waals surface area contributed by atoms with E-state index in [-0.39, 0.29) is 13.2 Å². The molecule has 4 heteroatoms. The number of hydrogen-bond acceptors (Lipinski definition) is 4. The van der Waals surface area contributed by atoms with Gasteiger partial charge in [0.25, 0.3) is 0 Å². The van der Waals surface area contributed by atoms with Crippen molar-refractivity contribution in [3.05, 3.63) is 43.0 Å². The Balaban J connectivity index is 0.000000561. The summed E-state index contributed by atoms with van der Waals surface area (Å²) < 4.78 is 9.97. The van der Waals surface area contributed by atoms with Crippen LogP contribution in [0.2, 0.25) is 0 Å². The van der Waals surface area contributed by atoms with Gasteiger partial charge in [-0.15, -0.1) is 0 Å². The molecule has 24 heavy (non-hydrogen) atoms. The molecule has 0 heterocycles. The molecule has 1 aromatic carbocycles. The van der Waals surface area contributed by atoms with Crippen LogP contribution in [0.4, 0.5) is 0 Å². The van der Waals surface area contributed by atoms with Crippen LogP contribution in [0.25, 0.3) is 0 Å². The summed E-state index contributed by atoms with van der Waals surface area (Å²) in [7, 11) is 0. The van der Waals surface area contributed by atoms with Crippen molar-refractivity contribution in [2.75, 3.05) is 19.8 Å². The molecule has 0 unspecified atom stereocenters. The highest BCUT2D eigenvalue weighted by atomic mass is 16.5. The Labute approximate surface area is 146 Å². The van der Waals surface area contributed by atoms with Gasteiger partial charge in [0.05, 0.1) is 13.2 Å². The summed E-state index contributed by atoms with van der Waals surface area (Å²) >= 11 is 0. The zero-order chi connectivity index (χ0) is 17.9. The number of rotatable bonds is 12. The van der Waals surface area contributed by atoms with Crippen LogP contribution in [0.3, 0.4) is 0 Å². The quantitative estimate of drug-likeness (QED) is 0.346. The van der Waals surface area contributed by atoms with Gasteiger partial charge in [0.15, 0.2) is 0 Å². The first-order valence-corrected chi connectivity index (χ1v) is 8.82. The number of unbranched alkanes of at least 4 members (excludes halogenated alkanes) is 6. The minimum absolute atomic E-state index is 0.0465. The second-order valence-electron chi connectivity index (χ2n) is 5.38. The normalized spacial score (nSPS) is 9.58. The predicted octanol–water partition coefficient (Wildman–Crippen LogP) is 4.52. The molecule has 0 atom stereocenters. The van der Waals surface area contributed by atoms with Crippen LogP contribution in [0.15, 0.2) is 43.0 Å². The van der Waals surface area contributed by atoms with E-state index in [0.29, 0.717) is 0 Å². The van der Waals surface area contributed by atoms with Gasteiger partial charge in [-0.1, -0.05) is 70.2 Å². The molecule has 0 fully saturated rings. The molecule has 0 bridgehead atoms. The van der Waals surface area contributed by atoms with Gasteiger partial charge in [-0.2, -0.15) is 0 Å². The number of para-hydroxylation sites is 1. The van der Waals surface area contributed by atoms with Gasteiger partial charge in [-0.05, 0) is 18.6 Å². The van der Waals surface area contributed by atoms with Crippen LogP contribution in [0.1, 0.15) is 51.9 Å². The van der Waals surface area contributed by atoms with E-state index < -0.39 is 5.97 Å². The minimum atomic E-state index is -0.501. The van der Waals surface area contributed by atoms with Crippen molar-refractivity contribution in [3.63, 3.8) is 0 Å². The first kappa shape index (κ1) is 22.2. The largest absolute Gasteiger partial charge is 0.494 e. The lowest BCUT2D eigenvalue weighted by atomic mass is 10.1. The van der Waals surface area contributed by atoms with E-state index in [1.807, 2.05) is 30.3 Å². The Bertz CT molecular complexity index is 403. The second kappa shape index (κ2) is 17.5. The van der Waals surface area contributed by atoms with Gasteiger partial charge in [0.2, 0.25) is 0 Å². The molecule has 0 aromatic heterocycles. The molecular weight excluding hydrogens is 304 g/mol. The average Bonchev–Trinajstić information content (AvgIpc) is 2.63. The van der Waals surface area contributed by atoms with Gasteiger partial charge >= 0.3 is 5.97 Å². The molecule has 1 rings (SSSR count). The molecule has 0 spiro atoms. The molecule has 0 saturated heterocycles. The molecule has 0 radical (unpaired) electrons. The minimum Gasteiger partial charge on any atom is -0.494 e. The Hall–Kier alpha value is -1.81. The molecular formula is C20H32O4. The third-order valence-corrected chi connectivity index (χ3v) is 3.26. The van der Waals surface area contributed by atoms with Crippen LogP contribution >= 0.6 is 0 Å². The Morgan fingerprint density at radius 1 is 1.04 bits per heavy atom. The van der Waals surface area contributed by atoms with Gasteiger partial charge in [-0.3, -0.25) is 0 Å². The van der Waals surface area contributed by atoms with Crippen molar-refractivity contribution in [2.24, 2.45) is 0 Å². The third-order valence-electron chi connectivity index (χ3n) is 3.26. The summed E-state index contributed by atoms with van der Waals surface area (Å²) in [6, 6.07) is 10.1. The number of esters is 1. The molecule has 4 nitrogen and oxygen atoms in total. The van der Waals surface area contributed by atoms with Crippen molar-refractivity contribution in [1.82, 2.24) is 0 Å².